The highest BCUT2D eigenvalue weighted by Crippen LogP contribution is 2.36. The fourth-order valence-corrected chi connectivity index (χ4v) is 3.41. The minimum absolute atomic E-state index is 0.500. The summed E-state index contributed by atoms with van der Waals surface area (Å²) in [6, 6.07) is 13.2. The van der Waals surface area contributed by atoms with E-state index in [2.05, 4.69) is 10.1 Å². The fraction of sp³-hybridized carbons (Fsp3) is 0.143. The molecule has 7 heteroatoms. The summed E-state index contributed by atoms with van der Waals surface area (Å²) in [5, 5.41) is 5.30. The van der Waals surface area contributed by atoms with E-state index in [-0.39, 0.29) is 0 Å². The Labute approximate surface area is 167 Å². The van der Waals surface area contributed by atoms with Crippen LogP contribution in [0.5, 0.6) is 11.5 Å². The maximum Gasteiger partial charge on any atom is 0.165 e. The van der Waals surface area contributed by atoms with E-state index >= 15 is 0 Å². The summed E-state index contributed by atoms with van der Waals surface area (Å²) in [4.78, 5) is 4.65. The summed E-state index contributed by atoms with van der Waals surface area (Å²) in [7, 11) is 3.20. The highest BCUT2D eigenvalue weighted by molar-refractivity contribution is 6.30. The Bertz CT molecular complexity index is 1170. The smallest absolute Gasteiger partial charge is 0.165 e. The van der Waals surface area contributed by atoms with Crippen LogP contribution in [0.1, 0.15) is 5.69 Å². The molecular weight excluding hydrogens is 376 g/mol. The predicted molar refractivity (Wildman–Crippen MR) is 111 cm³/mol. The number of fused-ring (bicyclic) bond motifs is 1. The van der Waals surface area contributed by atoms with E-state index < -0.39 is 0 Å². The molecular formula is C21H19ClN4O2. The molecule has 2 heterocycles. The summed E-state index contributed by atoms with van der Waals surface area (Å²) in [5.41, 5.74) is 11.5. The minimum atomic E-state index is 0.500. The van der Waals surface area contributed by atoms with Crippen LogP contribution < -0.4 is 15.2 Å². The molecule has 0 aliphatic rings. The van der Waals surface area contributed by atoms with Crippen LogP contribution in [0.15, 0.2) is 48.7 Å². The molecule has 28 heavy (non-hydrogen) atoms. The van der Waals surface area contributed by atoms with E-state index in [1.165, 1.54) is 0 Å². The van der Waals surface area contributed by atoms with E-state index in [4.69, 9.17) is 26.8 Å². The van der Waals surface area contributed by atoms with Gasteiger partial charge in [-0.1, -0.05) is 29.8 Å². The van der Waals surface area contributed by atoms with Crippen molar-refractivity contribution in [1.82, 2.24) is 14.6 Å². The Morgan fingerprint density at radius 2 is 1.64 bits per heavy atom. The average Bonchev–Trinajstić information content (AvgIpc) is 3.05. The Morgan fingerprint density at radius 1 is 0.964 bits per heavy atom. The molecule has 0 aliphatic carbocycles. The second-order valence-electron chi connectivity index (χ2n) is 6.33. The number of halogens is 1. The molecule has 0 unspecified atom stereocenters. The average molecular weight is 395 g/mol. The summed E-state index contributed by atoms with van der Waals surface area (Å²) in [5.74, 6) is 1.78. The second kappa shape index (κ2) is 7.05. The van der Waals surface area contributed by atoms with E-state index in [1.807, 2.05) is 49.4 Å². The van der Waals surface area contributed by atoms with Crippen LogP contribution in [0.25, 0.3) is 27.9 Å². The third kappa shape index (κ3) is 2.92. The van der Waals surface area contributed by atoms with Crippen molar-refractivity contribution in [2.75, 3.05) is 20.0 Å². The molecule has 2 N–H and O–H groups in total. The molecule has 0 fully saturated rings. The first-order valence-corrected chi connectivity index (χ1v) is 9.03. The number of anilines is 1. The Hall–Kier alpha value is -3.25. The van der Waals surface area contributed by atoms with Crippen molar-refractivity contribution in [3.8, 4) is 33.8 Å². The number of aromatic nitrogens is 3. The van der Waals surface area contributed by atoms with E-state index in [0.29, 0.717) is 28.0 Å². The maximum atomic E-state index is 6.46. The monoisotopic (exact) mass is 394 g/mol. The van der Waals surface area contributed by atoms with Crippen molar-refractivity contribution in [3.05, 3.63) is 59.4 Å². The van der Waals surface area contributed by atoms with Gasteiger partial charge >= 0.3 is 0 Å². The highest BCUT2D eigenvalue weighted by atomic mass is 35.5. The SMILES string of the molecule is COc1ccc(-c2cnc3c(-c4ccc(Cl)cc4)c(C)nn3c2N)cc1OC. The van der Waals surface area contributed by atoms with E-state index in [0.717, 1.165) is 27.9 Å². The van der Waals surface area contributed by atoms with Crippen LogP contribution in [0.2, 0.25) is 5.02 Å². The lowest BCUT2D eigenvalue weighted by Crippen LogP contribution is -2.03. The molecule has 2 aromatic carbocycles. The lowest BCUT2D eigenvalue weighted by molar-refractivity contribution is 0.355. The molecule has 0 amide bonds. The number of hydrogen-bond acceptors (Lipinski definition) is 5. The largest absolute Gasteiger partial charge is 0.493 e. The normalized spacial score (nSPS) is 11.0. The third-order valence-corrected chi connectivity index (χ3v) is 4.94. The van der Waals surface area contributed by atoms with Gasteiger partial charge in [0.2, 0.25) is 0 Å². The van der Waals surface area contributed by atoms with Gasteiger partial charge in [0.25, 0.3) is 0 Å². The first-order valence-electron chi connectivity index (χ1n) is 8.65. The number of hydrogen-bond donors (Lipinski definition) is 1. The van der Waals surface area contributed by atoms with Gasteiger partial charge in [-0.05, 0) is 42.3 Å². The Morgan fingerprint density at radius 3 is 2.32 bits per heavy atom. The number of benzene rings is 2. The van der Waals surface area contributed by atoms with Crippen LogP contribution >= 0.6 is 11.6 Å². The second-order valence-corrected chi connectivity index (χ2v) is 6.77. The number of methoxy groups -OCH3 is 2. The van der Waals surface area contributed by atoms with Crippen LogP contribution in [0, 0.1) is 6.92 Å². The zero-order valence-electron chi connectivity index (χ0n) is 15.7. The number of rotatable bonds is 4. The molecule has 0 saturated heterocycles. The molecule has 0 aliphatic heterocycles. The lowest BCUT2D eigenvalue weighted by atomic mass is 10.1. The fourth-order valence-electron chi connectivity index (χ4n) is 3.29. The first kappa shape index (κ1) is 18.1. The van der Waals surface area contributed by atoms with Gasteiger partial charge in [-0.3, -0.25) is 0 Å². The van der Waals surface area contributed by atoms with E-state index in [9.17, 15) is 0 Å². The third-order valence-electron chi connectivity index (χ3n) is 4.68. The highest BCUT2D eigenvalue weighted by Gasteiger charge is 2.18. The summed E-state index contributed by atoms with van der Waals surface area (Å²) >= 11 is 6.02. The maximum absolute atomic E-state index is 6.46. The zero-order chi connectivity index (χ0) is 19.8. The van der Waals surface area contributed by atoms with Crippen molar-refractivity contribution < 1.29 is 9.47 Å². The first-order chi connectivity index (χ1) is 13.5. The number of nitrogens with two attached hydrogens (primary N) is 1. The molecule has 4 rings (SSSR count). The van der Waals surface area contributed by atoms with Crippen molar-refractivity contribution in [2.45, 2.75) is 6.92 Å². The number of nitrogens with zero attached hydrogens (tertiary/aromatic N) is 3. The number of aryl methyl sites for hydroxylation is 1. The lowest BCUT2D eigenvalue weighted by Gasteiger charge is -2.11. The van der Waals surface area contributed by atoms with Gasteiger partial charge < -0.3 is 15.2 Å². The van der Waals surface area contributed by atoms with Gasteiger partial charge in [-0.15, -0.1) is 0 Å². The number of ether oxygens (including phenoxy) is 2. The molecule has 6 nitrogen and oxygen atoms in total. The Kier molecular flexibility index (Phi) is 4.57. The van der Waals surface area contributed by atoms with Gasteiger partial charge in [0, 0.05) is 22.3 Å². The molecule has 2 aromatic heterocycles. The number of nitrogen functional groups attached to an aromatic ring is 1. The van der Waals surface area contributed by atoms with Crippen LogP contribution in [-0.4, -0.2) is 28.8 Å². The van der Waals surface area contributed by atoms with Crippen LogP contribution in [-0.2, 0) is 0 Å². The summed E-state index contributed by atoms with van der Waals surface area (Å²) in [6.07, 6.45) is 1.76. The van der Waals surface area contributed by atoms with Gasteiger partial charge in [-0.25, -0.2) is 4.98 Å². The van der Waals surface area contributed by atoms with E-state index in [1.54, 1.807) is 24.9 Å². The van der Waals surface area contributed by atoms with Gasteiger partial charge in [0.1, 0.15) is 5.82 Å². The summed E-state index contributed by atoms with van der Waals surface area (Å²) in [6.45, 7) is 1.94. The molecule has 142 valence electrons. The van der Waals surface area contributed by atoms with Crippen molar-refractivity contribution in [3.63, 3.8) is 0 Å². The topological polar surface area (TPSA) is 74.7 Å². The minimum Gasteiger partial charge on any atom is -0.493 e. The quantitative estimate of drug-likeness (QED) is 0.546. The van der Waals surface area contributed by atoms with Crippen molar-refractivity contribution in [1.29, 1.82) is 0 Å². The molecule has 4 aromatic rings. The van der Waals surface area contributed by atoms with Crippen LogP contribution in [0.4, 0.5) is 5.82 Å². The van der Waals surface area contributed by atoms with Crippen molar-refractivity contribution in [2.24, 2.45) is 0 Å². The van der Waals surface area contributed by atoms with Crippen molar-refractivity contribution >= 4 is 23.1 Å². The standard InChI is InChI=1S/C21H19ClN4O2/c1-12-19(13-4-7-15(22)8-5-13)21-24-11-16(20(23)26(21)25-12)14-6-9-17(27-2)18(10-14)28-3/h4-11H,23H2,1-3H3. The molecule has 0 saturated carbocycles. The van der Waals surface area contributed by atoms with Crippen LogP contribution in [0.3, 0.4) is 0 Å². The van der Waals surface area contributed by atoms with Gasteiger partial charge in [0.15, 0.2) is 17.1 Å². The van der Waals surface area contributed by atoms with Gasteiger partial charge in [0.05, 0.1) is 19.9 Å². The predicted octanol–water partition coefficient (Wildman–Crippen LogP) is 4.62. The molecule has 0 bridgehead atoms. The summed E-state index contributed by atoms with van der Waals surface area (Å²) < 4.78 is 12.4. The zero-order valence-corrected chi connectivity index (χ0v) is 16.5. The molecule has 0 spiro atoms. The van der Waals surface area contributed by atoms with Gasteiger partial charge in [-0.2, -0.15) is 9.61 Å². The molecule has 0 atom stereocenters. The Balaban J connectivity index is 1.88. The molecule has 0 radical (unpaired) electrons.